The Morgan fingerprint density at radius 2 is 2.19 bits per heavy atom. The highest BCUT2D eigenvalue weighted by Crippen LogP contribution is 2.15. The number of methoxy groups -OCH3 is 1. The third-order valence-corrected chi connectivity index (χ3v) is 3.91. The molecule has 1 aliphatic rings. The van der Waals surface area contributed by atoms with Crippen LogP contribution in [-0.2, 0) is 4.79 Å². The van der Waals surface area contributed by atoms with Gasteiger partial charge in [0.05, 0.1) is 13.7 Å². The van der Waals surface area contributed by atoms with Gasteiger partial charge in [0, 0.05) is 18.3 Å². The Balaban J connectivity index is 1.86. The monoisotopic (exact) mass is 291 g/mol. The van der Waals surface area contributed by atoms with Crippen molar-refractivity contribution in [1.82, 2.24) is 10.2 Å². The van der Waals surface area contributed by atoms with E-state index in [1.54, 1.807) is 7.11 Å². The summed E-state index contributed by atoms with van der Waals surface area (Å²) in [5.74, 6) is 0.823. The highest BCUT2D eigenvalue weighted by Gasteiger charge is 2.21. The van der Waals surface area contributed by atoms with Crippen LogP contribution in [0.15, 0.2) is 24.3 Å². The van der Waals surface area contributed by atoms with Crippen LogP contribution in [0, 0.1) is 0 Å². The number of anilines is 1. The lowest BCUT2D eigenvalue weighted by Gasteiger charge is -2.33. The van der Waals surface area contributed by atoms with Crippen LogP contribution in [0.25, 0.3) is 0 Å². The number of carbonyl (C=O) groups excluding carboxylic acids is 1. The van der Waals surface area contributed by atoms with Crippen molar-refractivity contribution in [3.05, 3.63) is 24.3 Å². The quantitative estimate of drug-likeness (QED) is 0.838. The summed E-state index contributed by atoms with van der Waals surface area (Å²) >= 11 is 0. The van der Waals surface area contributed by atoms with E-state index in [0.29, 0.717) is 12.6 Å². The van der Waals surface area contributed by atoms with Gasteiger partial charge in [-0.3, -0.25) is 9.69 Å². The van der Waals surface area contributed by atoms with E-state index in [4.69, 9.17) is 4.74 Å². The van der Waals surface area contributed by atoms with Crippen molar-refractivity contribution in [3.8, 4) is 5.75 Å². The third-order valence-electron chi connectivity index (χ3n) is 3.91. The van der Waals surface area contributed by atoms with Gasteiger partial charge in [-0.15, -0.1) is 0 Å². The molecular weight excluding hydrogens is 266 g/mol. The van der Waals surface area contributed by atoms with Crippen LogP contribution in [0.5, 0.6) is 5.75 Å². The molecule has 1 unspecified atom stereocenters. The summed E-state index contributed by atoms with van der Waals surface area (Å²) in [6.07, 6.45) is 2.35. The predicted molar refractivity (Wildman–Crippen MR) is 84.8 cm³/mol. The molecule has 1 aromatic carbocycles. The second-order valence-corrected chi connectivity index (χ2v) is 5.34. The Hall–Kier alpha value is -1.59. The van der Waals surface area contributed by atoms with Crippen LogP contribution in [0.2, 0.25) is 0 Å². The summed E-state index contributed by atoms with van der Waals surface area (Å²) in [4.78, 5) is 14.4. The van der Waals surface area contributed by atoms with Gasteiger partial charge in [-0.25, -0.2) is 0 Å². The van der Waals surface area contributed by atoms with Crippen LogP contribution >= 0.6 is 0 Å². The van der Waals surface area contributed by atoms with Gasteiger partial charge in [-0.05, 0) is 50.2 Å². The minimum atomic E-state index is 0.0348. The van der Waals surface area contributed by atoms with Gasteiger partial charge >= 0.3 is 0 Å². The van der Waals surface area contributed by atoms with E-state index in [1.807, 2.05) is 24.3 Å². The summed E-state index contributed by atoms with van der Waals surface area (Å²) in [6.45, 7) is 5.50. The lowest BCUT2D eigenvalue weighted by molar-refractivity contribution is -0.117. The molecule has 0 bridgehead atoms. The number of nitrogens with one attached hydrogen (secondary N) is 2. The molecule has 1 atom stereocenters. The Morgan fingerprint density at radius 1 is 1.43 bits per heavy atom. The van der Waals surface area contributed by atoms with Crippen molar-refractivity contribution in [2.24, 2.45) is 0 Å². The molecule has 0 aromatic heterocycles. The fourth-order valence-corrected chi connectivity index (χ4v) is 2.70. The van der Waals surface area contributed by atoms with Crippen molar-refractivity contribution in [1.29, 1.82) is 0 Å². The topological polar surface area (TPSA) is 53.6 Å². The summed E-state index contributed by atoms with van der Waals surface area (Å²) in [6, 6.07) is 7.87. The van der Waals surface area contributed by atoms with Crippen molar-refractivity contribution >= 4 is 11.6 Å². The maximum absolute atomic E-state index is 12.2. The Kier molecular flexibility index (Phi) is 6.02. The molecule has 1 aromatic rings. The van der Waals surface area contributed by atoms with Crippen LogP contribution in [0.4, 0.5) is 5.69 Å². The lowest BCUT2D eigenvalue weighted by Crippen LogP contribution is -2.48. The van der Waals surface area contributed by atoms with E-state index in [9.17, 15) is 4.79 Å². The number of ether oxygens (including phenoxy) is 1. The van der Waals surface area contributed by atoms with E-state index in [-0.39, 0.29) is 5.91 Å². The SMILES string of the molecule is CCN(CC(=O)Nc1ccc(OC)cc1)C1CCCNC1. The second kappa shape index (κ2) is 8.00. The van der Waals surface area contributed by atoms with E-state index in [1.165, 1.54) is 6.42 Å². The van der Waals surface area contributed by atoms with Gasteiger partial charge in [0.2, 0.25) is 5.91 Å². The average molecular weight is 291 g/mol. The molecular formula is C16H25N3O2. The highest BCUT2D eigenvalue weighted by atomic mass is 16.5. The van der Waals surface area contributed by atoms with Gasteiger partial charge in [0.15, 0.2) is 0 Å². The molecule has 0 saturated carbocycles. The van der Waals surface area contributed by atoms with E-state index >= 15 is 0 Å². The summed E-state index contributed by atoms with van der Waals surface area (Å²) < 4.78 is 5.11. The minimum Gasteiger partial charge on any atom is -0.497 e. The van der Waals surface area contributed by atoms with Crippen LogP contribution in [0.1, 0.15) is 19.8 Å². The number of nitrogens with zero attached hydrogens (tertiary/aromatic N) is 1. The molecule has 1 heterocycles. The Morgan fingerprint density at radius 3 is 2.76 bits per heavy atom. The lowest BCUT2D eigenvalue weighted by atomic mass is 10.1. The standard InChI is InChI=1S/C16H25N3O2/c1-3-19(14-5-4-10-17-11-14)12-16(20)18-13-6-8-15(21-2)9-7-13/h6-9,14,17H,3-5,10-12H2,1-2H3,(H,18,20). The number of likely N-dealkylation sites (N-methyl/N-ethyl adjacent to an activating group) is 1. The van der Waals surface area contributed by atoms with E-state index in [0.717, 1.165) is 37.5 Å². The van der Waals surface area contributed by atoms with Crippen LogP contribution < -0.4 is 15.4 Å². The number of carbonyl (C=O) groups is 1. The highest BCUT2D eigenvalue weighted by molar-refractivity contribution is 5.92. The molecule has 5 heteroatoms. The number of rotatable bonds is 6. The first-order valence-electron chi connectivity index (χ1n) is 7.61. The molecule has 0 aliphatic carbocycles. The zero-order valence-corrected chi connectivity index (χ0v) is 12.9. The molecule has 5 nitrogen and oxygen atoms in total. The maximum Gasteiger partial charge on any atom is 0.238 e. The molecule has 1 saturated heterocycles. The number of amides is 1. The molecule has 2 rings (SSSR count). The van der Waals surface area contributed by atoms with Gasteiger partial charge in [-0.2, -0.15) is 0 Å². The number of benzene rings is 1. The number of hydrogen-bond donors (Lipinski definition) is 2. The first kappa shape index (κ1) is 15.8. The van der Waals surface area contributed by atoms with Gasteiger partial charge in [-0.1, -0.05) is 6.92 Å². The average Bonchev–Trinajstić information content (AvgIpc) is 2.54. The van der Waals surface area contributed by atoms with E-state index in [2.05, 4.69) is 22.5 Å². The summed E-state index contributed by atoms with van der Waals surface area (Å²) in [7, 11) is 1.63. The zero-order chi connectivity index (χ0) is 15.1. The zero-order valence-electron chi connectivity index (χ0n) is 12.9. The molecule has 2 N–H and O–H groups in total. The van der Waals surface area contributed by atoms with Gasteiger partial charge in [0.25, 0.3) is 0 Å². The predicted octanol–water partition coefficient (Wildman–Crippen LogP) is 1.71. The molecule has 1 aliphatic heterocycles. The smallest absolute Gasteiger partial charge is 0.238 e. The first-order chi connectivity index (χ1) is 10.2. The fourth-order valence-electron chi connectivity index (χ4n) is 2.70. The summed E-state index contributed by atoms with van der Waals surface area (Å²) in [5.41, 5.74) is 0.804. The third kappa shape index (κ3) is 4.72. The van der Waals surface area contributed by atoms with Gasteiger partial charge < -0.3 is 15.4 Å². The molecule has 0 spiro atoms. The minimum absolute atomic E-state index is 0.0348. The first-order valence-corrected chi connectivity index (χ1v) is 7.61. The summed E-state index contributed by atoms with van der Waals surface area (Å²) in [5, 5.41) is 6.34. The molecule has 21 heavy (non-hydrogen) atoms. The normalized spacial score (nSPS) is 18.5. The maximum atomic E-state index is 12.2. The van der Waals surface area contributed by atoms with Crippen LogP contribution in [-0.4, -0.2) is 50.1 Å². The molecule has 0 radical (unpaired) electrons. The molecule has 1 fully saturated rings. The largest absolute Gasteiger partial charge is 0.497 e. The van der Waals surface area contributed by atoms with Crippen molar-refractivity contribution in [2.45, 2.75) is 25.8 Å². The molecule has 116 valence electrons. The van der Waals surface area contributed by atoms with Crippen LogP contribution in [0.3, 0.4) is 0 Å². The van der Waals surface area contributed by atoms with Gasteiger partial charge in [0.1, 0.15) is 5.75 Å². The Bertz CT molecular complexity index is 441. The number of hydrogen-bond acceptors (Lipinski definition) is 4. The fraction of sp³-hybridized carbons (Fsp3) is 0.562. The van der Waals surface area contributed by atoms with Crippen molar-refractivity contribution in [3.63, 3.8) is 0 Å². The Labute approximate surface area is 126 Å². The van der Waals surface area contributed by atoms with Crippen molar-refractivity contribution < 1.29 is 9.53 Å². The van der Waals surface area contributed by atoms with Crippen molar-refractivity contribution in [2.75, 3.05) is 38.6 Å². The number of piperidine rings is 1. The van der Waals surface area contributed by atoms with E-state index < -0.39 is 0 Å². The second-order valence-electron chi connectivity index (χ2n) is 5.34. The molecule has 1 amide bonds.